The van der Waals surface area contributed by atoms with Gasteiger partial charge in [0.1, 0.15) is 5.60 Å². The number of aliphatic carboxylic acids is 2. The number of carbonyl (C=O) groups excluding carboxylic acids is 1. The molecule has 0 aliphatic carbocycles. The number of nitrogens with one attached hydrogen (secondary N) is 2. The van der Waals surface area contributed by atoms with Gasteiger partial charge in [-0.05, 0) is 33.7 Å². The van der Waals surface area contributed by atoms with Crippen molar-refractivity contribution >= 4 is 18.0 Å². The lowest BCUT2D eigenvalue weighted by Gasteiger charge is -2.32. The quantitative estimate of drug-likeness (QED) is 0.524. The predicted octanol–water partition coefficient (Wildman–Crippen LogP) is 0.0436. The summed E-state index contributed by atoms with van der Waals surface area (Å²) in [5.41, 5.74) is -0.464. The molecule has 1 amide bonds. The Labute approximate surface area is 129 Å². The van der Waals surface area contributed by atoms with Crippen LogP contribution in [0.2, 0.25) is 0 Å². The number of hydrogen-bond donors (Lipinski definition) is 4. The van der Waals surface area contributed by atoms with Crippen LogP contribution >= 0.6 is 0 Å². The molecule has 0 spiro atoms. The van der Waals surface area contributed by atoms with Crippen molar-refractivity contribution < 1.29 is 34.1 Å². The van der Waals surface area contributed by atoms with Crippen LogP contribution in [0, 0.1) is 0 Å². The first kappa shape index (κ1) is 20.1. The zero-order valence-electron chi connectivity index (χ0n) is 13.2. The molecule has 0 bridgehead atoms. The average molecular weight is 320 g/mol. The van der Waals surface area contributed by atoms with E-state index in [2.05, 4.69) is 10.6 Å². The molecular formula is C13H24N2O7. The van der Waals surface area contributed by atoms with Crippen LogP contribution in [0.3, 0.4) is 0 Å². The van der Waals surface area contributed by atoms with Crippen LogP contribution in [0.1, 0.15) is 27.2 Å². The summed E-state index contributed by atoms with van der Waals surface area (Å²) < 4.78 is 10.5. The molecule has 1 fully saturated rings. The molecule has 1 aliphatic rings. The lowest BCUT2D eigenvalue weighted by Crippen LogP contribution is -2.55. The summed E-state index contributed by atoms with van der Waals surface area (Å²) in [6.07, 6.45) is 0.578. The van der Waals surface area contributed by atoms with Crippen molar-refractivity contribution in [1.82, 2.24) is 10.6 Å². The molecule has 0 unspecified atom stereocenters. The zero-order valence-corrected chi connectivity index (χ0v) is 13.2. The van der Waals surface area contributed by atoms with Gasteiger partial charge in [-0.15, -0.1) is 0 Å². The van der Waals surface area contributed by atoms with Crippen LogP contribution in [0.4, 0.5) is 4.79 Å². The standard InChI is InChI=1S/C11H22N2O3.C2H2O4/c1-11(2,3)16-10(14)13-8-7-12-6-5-9(8)15-4;3-1(4)2(5)6/h8-9,12H,5-7H2,1-4H3,(H,13,14);(H,3,4)(H,5,6)/t8-,9+;/m0./s1. The van der Waals surface area contributed by atoms with E-state index in [0.29, 0.717) is 0 Å². The number of hydrogen-bond acceptors (Lipinski definition) is 6. The molecule has 9 nitrogen and oxygen atoms in total. The number of carboxylic acid groups (broad SMARTS) is 2. The monoisotopic (exact) mass is 320 g/mol. The number of piperidine rings is 1. The van der Waals surface area contributed by atoms with E-state index in [1.165, 1.54) is 0 Å². The number of methoxy groups -OCH3 is 1. The average Bonchev–Trinajstić information content (AvgIpc) is 2.37. The van der Waals surface area contributed by atoms with Crippen LogP contribution in [0.5, 0.6) is 0 Å². The number of ether oxygens (including phenoxy) is 2. The van der Waals surface area contributed by atoms with Gasteiger partial charge in [-0.2, -0.15) is 0 Å². The minimum atomic E-state index is -1.82. The number of rotatable bonds is 2. The summed E-state index contributed by atoms with van der Waals surface area (Å²) in [6, 6.07) is -0.0198. The number of amides is 1. The van der Waals surface area contributed by atoms with Crippen molar-refractivity contribution in [3.8, 4) is 0 Å². The second-order valence-corrected chi connectivity index (χ2v) is 5.63. The fourth-order valence-corrected chi connectivity index (χ4v) is 1.72. The lowest BCUT2D eigenvalue weighted by molar-refractivity contribution is -0.159. The van der Waals surface area contributed by atoms with Gasteiger partial charge in [0, 0.05) is 13.7 Å². The normalized spacial score (nSPS) is 21.1. The lowest BCUT2D eigenvalue weighted by atomic mass is 10.0. The molecule has 0 aromatic rings. The molecule has 0 saturated carbocycles. The molecule has 0 aromatic carbocycles. The first-order valence-corrected chi connectivity index (χ1v) is 6.76. The summed E-state index contributed by atoms with van der Waals surface area (Å²) in [6.45, 7) is 7.18. The van der Waals surface area contributed by atoms with Crippen molar-refractivity contribution in [2.75, 3.05) is 20.2 Å². The fourth-order valence-electron chi connectivity index (χ4n) is 1.72. The Morgan fingerprint density at radius 2 is 1.73 bits per heavy atom. The molecule has 2 atom stereocenters. The highest BCUT2D eigenvalue weighted by molar-refractivity contribution is 6.27. The predicted molar refractivity (Wildman–Crippen MR) is 76.7 cm³/mol. The Bertz CT molecular complexity index is 380. The summed E-state index contributed by atoms with van der Waals surface area (Å²) >= 11 is 0. The van der Waals surface area contributed by atoms with Gasteiger partial charge in [0.25, 0.3) is 0 Å². The van der Waals surface area contributed by atoms with Crippen molar-refractivity contribution in [3.63, 3.8) is 0 Å². The largest absolute Gasteiger partial charge is 0.473 e. The number of carbonyl (C=O) groups is 3. The summed E-state index contributed by atoms with van der Waals surface area (Å²) in [5.74, 6) is -3.65. The van der Waals surface area contributed by atoms with Crippen LogP contribution in [-0.4, -0.2) is 66.2 Å². The zero-order chi connectivity index (χ0) is 17.3. The summed E-state index contributed by atoms with van der Waals surface area (Å²) in [7, 11) is 1.67. The maximum atomic E-state index is 11.6. The second-order valence-electron chi connectivity index (χ2n) is 5.63. The SMILES string of the molecule is CO[C@@H]1CCNC[C@@H]1NC(=O)OC(C)(C)C.O=C(O)C(=O)O. The molecule has 4 N–H and O–H groups in total. The summed E-state index contributed by atoms with van der Waals surface area (Å²) in [4.78, 5) is 29.8. The smallest absolute Gasteiger partial charge is 0.414 e. The van der Waals surface area contributed by atoms with Crippen molar-refractivity contribution in [2.24, 2.45) is 0 Å². The van der Waals surface area contributed by atoms with E-state index in [-0.39, 0.29) is 18.2 Å². The molecule has 1 rings (SSSR count). The van der Waals surface area contributed by atoms with Gasteiger partial charge in [0.05, 0.1) is 12.1 Å². The van der Waals surface area contributed by atoms with Crippen LogP contribution in [0.25, 0.3) is 0 Å². The minimum absolute atomic E-state index is 0.0198. The Balaban J connectivity index is 0.000000626. The molecule has 0 aromatic heterocycles. The van der Waals surface area contributed by atoms with Crippen molar-refractivity contribution in [2.45, 2.75) is 44.9 Å². The van der Waals surface area contributed by atoms with E-state index in [4.69, 9.17) is 29.3 Å². The van der Waals surface area contributed by atoms with E-state index in [1.807, 2.05) is 20.8 Å². The van der Waals surface area contributed by atoms with E-state index in [1.54, 1.807) is 7.11 Å². The molecular weight excluding hydrogens is 296 g/mol. The third-order valence-electron chi connectivity index (χ3n) is 2.61. The highest BCUT2D eigenvalue weighted by Gasteiger charge is 2.27. The Morgan fingerprint density at radius 1 is 1.18 bits per heavy atom. The highest BCUT2D eigenvalue weighted by Crippen LogP contribution is 2.10. The van der Waals surface area contributed by atoms with Crippen molar-refractivity contribution in [1.29, 1.82) is 0 Å². The van der Waals surface area contributed by atoms with Gasteiger partial charge in [0.15, 0.2) is 0 Å². The van der Waals surface area contributed by atoms with E-state index >= 15 is 0 Å². The van der Waals surface area contributed by atoms with Gasteiger partial charge < -0.3 is 30.3 Å². The molecule has 1 aliphatic heterocycles. The Hall–Kier alpha value is -1.87. The third kappa shape index (κ3) is 9.14. The molecule has 9 heteroatoms. The van der Waals surface area contributed by atoms with Gasteiger partial charge in [-0.25, -0.2) is 14.4 Å². The van der Waals surface area contributed by atoms with E-state index in [9.17, 15) is 4.79 Å². The van der Waals surface area contributed by atoms with Gasteiger partial charge in [-0.1, -0.05) is 0 Å². The van der Waals surface area contributed by atoms with Crippen molar-refractivity contribution in [3.05, 3.63) is 0 Å². The van der Waals surface area contributed by atoms with E-state index in [0.717, 1.165) is 19.5 Å². The van der Waals surface area contributed by atoms with Crippen LogP contribution < -0.4 is 10.6 Å². The van der Waals surface area contributed by atoms with Gasteiger partial charge in [-0.3, -0.25) is 0 Å². The van der Waals surface area contributed by atoms with Crippen LogP contribution in [-0.2, 0) is 19.1 Å². The number of carboxylic acids is 2. The summed E-state index contributed by atoms with van der Waals surface area (Å²) in [5, 5.41) is 20.8. The fraction of sp³-hybridized carbons (Fsp3) is 0.769. The Morgan fingerprint density at radius 3 is 2.14 bits per heavy atom. The van der Waals surface area contributed by atoms with Gasteiger partial charge >= 0.3 is 18.0 Å². The first-order valence-electron chi connectivity index (χ1n) is 6.76. The topological polar surface area (TPSA) is 134 Å². The molecule has 1 heterocycles. The number of alkyl carbamates (subject to hydrolysis) is 1. The van der Waals surface area contributed by atoms with Crippen LogP contribution in [0.15, 0.2) is 0 Å². The first-order chi connectivity index (χ1) is 10.1. The second kappa shape index (κ2) is 9.21. The van der Waals surface area contributed by atoms with Gasteiger partial charge in [0.2, 0.25) is 0 Å². The molecule has 128 valence electrons. The third-order valence-corrected chi connectivity index (χ3v) is 2.61. The Kier molecular flexibility index (Phi) is 8.43. The maximum absolute atomic E-state index is 11.6. The van der Waals surface area contributed by atoms with E-state index < -0.39 is 17.5 Å². The highest BCUT2D eigenvalue weighted by atomic mass is 16.6. The minimum Gasteiger partial charge on any atom is -0.473 e. The molecule has 1 saturated heterocycles. The maximum Gasteiger partial charge on any atom is 0.414 e. The molecule has 22 heavy (non-hydrogen) atoms. The molecule has 0 radical (unpaired) electrons.